The maximum Gasteiger partial charge on any atom is 0.222 e. The van der Waals surface area contributed by atoms with Crippen LogP contribution < -0.4 is 0 Å². The number of amides is 1. The highest BCUT2D eigenvalue weighted by molar-refractivity contribution is 7.18. The van der Waals surface area contributed by atoms with E-state index in [1.165, 1.54) is 4.88 Å². The van der Waals surface area contributed by atoms with Crippen LogP contribution in [0.1, 0.15) is 35.5 Å². The fourth-order valence-corrected chi connectivity index (χ4v) is 3.95. The van der Waals surface area contributed by atoms with Gasteiger partial charge in [-0.25, -0.2) is 9.97 Å². The van der Waals surface area contributed by atoms with Gasteiger partial charge in [0.25, 0.3) is 0 Å². The van der Waals surface area contributed by atoms with Crippen molar-refractivity contribution in [2.75, 3.05) is 6.54 Å². The van der Waals surface area contributed by atoms with Gasteiger partial charge in [-0.15, -0.1) is 11.3 Å². The first-order valence-electron chi connectivity index (χ1n) is 6.76. The van der Waals surface area contributed by atoms with Crippen LogP contribution in [0, 0.1) is 13.8 Å². The highest BCUT2D eigenvalue weighted by atomic mass is 35.5. The van der Waals surface area contributed by atoms with E-state index in [1.54, 1.807) is 11.3 Å². The molecule has 0 N–H and O–H groups in total. The van der Waals surface area contributed by atoms with Crippen molar-refractivity contribution >= 4 is 39.1 Å². The Bertz CT molecular complexity index is 683. The normalized spacial score (nSPS) is 16.1. The minimum Gasteiger partial charge on any atom is -0.335 e. The molecule has 1 amide bonds. The number of fused-ring (bicyclic) bond motifs is 1. The number of carbonyl (C=O) groups is 1. The molecule has 6 heteroatoms. The average Bonchev–Trinajstić information content (AvgIpc) is 2.68. The number of carbonyl (C=O) groups excluding carboxylic acids is 1. The summed E-state index contributed by atoms with van der Waals surface area (Å²) >= 11 is 7.92. The van der Waals surface area contributed by atoms with Gasteiger partial charge in [-0.3, -0.25) is 4.79 Å². The molecule has 0 bridgehead atoms. The zero-order chi connectivity index (χ0) is 14.3. The fourth-order valence-electron chi connectivity index (χ4n) is 2.51. The van der Waals surface area contributed by atoms with Crippen LogP contribution >= 0.6 is 22.9 Å². The summed E-state index contributed by atoms with van der Waals surface area (Å²) in [4.78, 5) is 24.7. The maximum absolute atomic E-state index is 11.8. The molecule has 20 heavy (non-hydrogen) atoms. The summed E-state index contributed by atoms with van der Waals surface area (Å²) in [6.45, 7) is 5.36. The molecule has 0 aromatic carbocycles. The first-order valence-corrected chi connectivity index (χ1v) is 7.95. The van der Waals surface area contributed by atoms with Crippen LogP contribution in [0.4, 0.5) is 0 Å². The molecule has 4 nitrogen and oxygen atoms in total. The Hall–Kier alpha value is -1.20. The lowest BCUT2D eigenvalue weighted by Gasteiger charge is -2.25. The molecular weight excluding hydrogens is 294 g/mol. The predicted molar refractivity (Wildman–Crippen MR) is 81.2 cm³/mol. The Kier molecular flexibility index (Phi) is 3.65. The van der Waals surface area contributed by atoms with Crippen molar-refractivity contribution in [1.29, 1.82) is 0 Å². The molecule has 0 atom stereocenters. The molecule has 0 aliphatic carbocycles. The molecular formula is C14H16ClN3OS. The summed E-state index contributed by atoms with van der Waals surface area (Å²) in [5.41, 5.74) is 1.15. The van der Waals surface area contributed by atoms with Crippen LogP contribution in [-0.4, -0.2) is 27.3 Å². The molecule has 106 valence electrons. The lowest BCUT2D eigenvalue weighted by atomic mass is 10.1. The number of aromatic nitrogens is 2. The van der Waals surface area contributed by atoms with Gasteiger partial charge < -0.3 is 4.90 Å². The van der Waals surface area contributed by atoms with Gasteiger partial charge in [0.1, 0.15) is 9.98 Å². The average molecular weight is 310 g/mol. The van der Waals surface area contributed by atoms with E-state index in [2.05, 4.69) is 16.9 Å². The molecule has 0 radical (unpaired) electrons. The van der Waals surface area contributed by atoms with Crippen LogP contribution in [0.15, 0.2) is 0 Å². The van der Waals surface area contributed by atoms with Crippen LogP contribution in [0.25, 0.3) is 10.2 Å². The highest BCUT2D eigenvalue weighted by Crippen LogP contribution is 2.33. The van der Waals surface area contributed by atoms with E-state index in [1.807, 2.05) is 11.8 Å². The monoisotopic (exact) mass is 309 g/mol. The van der Waals surface area contributed by atoms with Gasteiger partial charge in [-0.1, -0.05) is 11.6 Å². The number of nitrogens with zero attached hydrogens (tertiary/aromatic N) is 3. The molecule has 2 aromatic heterocycles. The lowest BCUT2D eigenvalue weighted by Crippen LogP contribution is -2.35. The summed E-state index contributed by atoms with van der Waals surface area (Å²) < 4.78 is 0. The zero-order valence-corrected chi connectivity index (χ0v) is 13.1. The van der Waals surface area contributed by atoms with Gasteiger partial charge in [-0.05, 0) is 32.3 Å². The quantitative estimate of drug-likeness (QED) is 0.798. The number of rotatable bonds is 2. The zero-order valence-electron chi connectivity index (χ0n) is 11.6. The molecule has 0 spiro atoms. The summed E-state index contributed by atoms with van der Waals surface area (Å²) in [5, 5.41) is 1.44. The maximum atomic E-state index is 11.8. The van der Waals surface area contributed by atoms with Gasteiger partial charge in [0, 0.05) is 17.8 Å². The van der Waals surface area contributed by atoms with E-state index in [4.69, 9.17) is 11.6 Å². The molecule has 1 aliphatic heterocycles. The summed E-state index contributed by atoms with van der Waals surface area (Å²) in [5.74, 6) is 0.827. The molecule has 3 rings (SSSR count). The molecule has 0 saturated carbocycles. The fraction of sp³-hybridized carbons (Fsp3) is 0.500. The first-order chi connectivity index (χ1) is 9.56. The highest BCUT2D eigenvalue weighted by Gasteiger charge is 2.20. The molecule has 1 aliphatic rings. The number of hydrogen-bond donors (Lipinski definition) is 0. The number of thiophene rings is 1. The van der Waals surface area contributed by atoms with E-state index in [0.717, 1.165) is 35.2 Å². The number of aryl methyl sites for hydroxylation is 2. The Morgan fingerprint density at radius 3 is 2.85 bits per heavy atom. The molecule has 0 unspecified atom stereocenters. The van der Waals surface area contributed by atoms with Crippen molar-refractivity contribution in [3.8, 4) is 0 Å². The van der Waals surface area contributed by atoms with E-state index in [9.17, 15) is 4.79 Å². The molecule has 1 saturated heterocycles. The minimum atomic E-state index is 0.189. The third-order valence-corrected chi connectivity index (χ3v) is 5.16. The van der Waals surface area contributed by atoms with Crippen LogP contribution in [0.2, 0.25) is 5.15 Å². The van der Waals surface area contributed by atoms with Gasteiger partial charge in [0.15, 0.2) is 5.82 Å². The second-order valence-electron chi connectivity index (χ2n) is 5.17. The number of hydrogen-bond acceptors (Lipinski definition) is 4. The standard InChI is InChI=1S/C14H16ClN3OS/c1-8-9(2)20-14-12(8)13(15)16-10(17-14)7-18-6-4-3-5-11(18)19/h3-7H2,1-2H3. The molecule has 3 heterocycles. The Morgan fingerprint density at radius 1 is 1.30 bits per heavy atom. The van der Waals surface area contributed by atoms with Crippen LogP contribution in [0.3, 0.4) is 0 Å². The second-order valence-corrected chi connectivity index (χ2v) is 6.73. The summed E-state index contributed by atoms with van der Waals surface area (Å²) in [7, 11) is 0. The van der Waals surface area contributed by atoms with E-state index >= 15 is 0 Å². The van der Waals surface area contributed by atoms with Gasteiger partial charge in [-0.2, -0.15) is 0 Å². The van der Waals surface area contributed by atoms with Crippen molar-refractivity contribution in [3.63, 3.8) is 0 Å². The third-order valence-electron chi connectivity index (χ3n) is 3.78. The Labute approximate surface area is 126 Å². The third kappa shape index (κ3) is 2.40. The number of piperidine rings is 1. The minimum absolute atomic E-state index is 0.189. The summed E-state index contributed by atoms with van der Waals surface area (Å²) in [6.07, 6.45) is 2.67. The van der Waals surface area contributed by atoms with Crippen LogP contribution in [-0.2, 0) is 11.3 Å². The van der Waals surface area contributed by atoms with Gasteiger partial charge in [0.2, 0.25) is 5.91 Å². The topological polar surface area (TPSA) is 46.1 Å². The largest absolute Gasteiger partial charge is 0.335 e. The number of halogens is 1. The Balaban J connectivity index is 1.94. The molecule has 1 fully saturated rings. The van der Waals surface area contributed by atoms with Gasteiger partial charge in [0.05, 0.1) is 11.9 Å². The van der Waals surface area contributed by atoms with Crippen molar-refractivity contribution < 1.29 is 4.79 Å². The van der Waals surface area contributed by atoms with E-state index < -0.39 is 0 Å². The van der Waals surface area contributed by atoms with Crippen molar-refractivity contribution in [1.82, 2.24) is 14.9 Å². The number of likely N-dealkylation sites (tertiary alicyclic amines) is 1. The smallest absolute Gasteiger partial charge is 0.222 e. The van der Waals surface area contributed by atoms with E-state index in [0.29, 0.717) is 23.9 Å². The second kappa shape index (κ2) is 5.30. The first kappa shape index (κ1) is 13.8. The predicted octanol–water partition coefficient (Wildman–Crippen LogP) is 3.47. The van der Waals surface area contributed by atoms with Crippen molar-refractivity contribution in [3.05, 3.63) is 21.4 Å². The SMILES string of the molecule is Cc1sc2nc(CN3CCCCC3=O)nc(Cl)c2c1C. The van der Waals surface area contributed by atoms with Crippen molar-refractivity contribution in [2.45, 2.75) is 39.7 Å². The lowest BCUT2D eigenvalue weighted by molar-refractivity contribution is -0.134. The Morgan fingerprint density at radius 2 is 2.10 bits per heavy atom. The van der Waals surface area contributed by atoms with E-state index in [-0.39, 0.29) is 5.91 Å². The summed E-state index contributed by atoms with van der Waals surface area (Å²) in [6, 6.07) is 0. The molecule has 2 aromatic rings. The van der Waals surface area contributed by atoms with Crippen molar-refractivity contribution in [2.24, 2.45) is 0 Å². The van der Waals surface area contributed by atoms with Gasteiger partial charge >= 0.3 is 0 Å². The van der Waals surface area contributed by atoms with Crippen LogP contribution in [0.5, 0.6) is 0 Å².